The molecule has 0 unspecified atom stereocenters. The SMILES string of the molecule is NNc1ccc(-c2cc(=O)c3ccccc3o2)cc1. The quantitative estimate of drug-likeness (QED) is 0.543. The summed E-state index contributed by atoms with van der Waals surface area (Å²) in [5.41, 5.74) is 4.73. The summed E-state index contributed by atoms with van der Waals surface area (Å²) in [6.07, 6.45) is 0. The summed E-state index contributed by atoms with van der Waals surface area (Å²) in [4.78, 5) is 12.0. The Labute approximate surface area is 109 Å². The molecule has 0 spiro atoms. The van der Waals surface area contributed by atoms with Crippen LogP contribution in [0.5, 0.6) is 0 Å². The van der Waals surface area contributed by atoms with Crippen molar-refractivity contribution in [2.24, 2.45) is 5.84 Å². The maximum Gasteiger partial charge on any atom is 0.193 e. The van der Waals surface area contributed by atoms with Gasteiger partial charge in [0.15, 0.2) is 5.43 Å². The first-order valence-corrected chi connectivity index (χ1v) is 5.88. The van der Waals surface area contributed by atoms with E-state index in [0.29, 0.717) is 16.7 Å². The molecule has 3 N–H and O–H groups in total. The Balaban J connectivity index is 2.16. The first-order chi connectivity index (χ1) is 9.28. The molecule has 0 atom stereocenters. The van der Waals surface area contributed by atoms with Crippen LogP contribution in [0.3, 0.4) is 0 Å². The summed E-state index contributed by atoms with van der Waals surface area (Å²) in [6.45, 7) is 0. The molecule has 19 heavy (non-hydrogen) atoms. The van der Waals surface area contributed by atoms with E-state index < -0.39 is 0 Å². The van der Waals surface area contributed by atoms with Crippen molar-refractivity contribution < 1.29 is 4.42 Å². The second kappa shape index (κ2) is 4.59. The highest BCUT2D eigenvalue weighted by molar-refractivity contribution is 5.78. The Hall–Kier alpha value is -2.59. The first kappa shape index (κ1) is 11.5. The average molecular weight is 252 g/mol. The third kappa shape index (κ3) is 2.09. The van der Waals surface area contributed by atoms with Crippen LogP contribution >= 0.6 is 0 Å². The molecule has 94 valence electrons. The minimum atomic E-state index is -0.0436. The molecule has 0 aliphatic rings. The van der Waals surface area contributed by atoms with Crippen LogP contribution in [0.2, 0.25) is 0 Å². The Morgan fingerprint density at radius 2 is 1.74 bits per heavy atom. The second-order valence-corrected chi connectivity index (χ2v) is 4.19. The van der Waals surface area contributed by atoms with Crippen LogP contribution in [0.4, 0.5) is 5.69 Å². The number of hydrazine groups is 1. The van der Waals surface area contributed by atoms with Crippen LogP contribution in [0.1, 0.15) is 0 Å². The molecule has 2 aromatic carbocycles. The van der Waals surface area contributed by atoms with E-state index in [1.54, 1.807) is 12.1 Å². The molecule has 0 saturated carbocycles. The molecule has 0 aliphatic carbocycles. The van der Waals surface area contributed by atoms with Gasteiger partial charge in [-0.1, -0.05) is 12.1 Å². The summed E-state index contributed by atoms with van der Waals surface area (Å²) < 4.78 is 5.75. The van der Waals surface area contributed by atoms with Gasteiger partial charge in [-0.3, -0.25) is 10.6 Å². The molecule has 1 aromatic heterocycles. The van der Waals surface area contributed by atoms with Crippen LogP contribution < -0.4 is 16.7 Å². The molecular weight excluding hydrogens is 240 g/mol. The van der Waals surface area contributed by atoms with Crippen LogP contribution in [0.15, 0.2) is 63.8 Å². The van der Waals surface area contributed by atoms with Gasteiger partial charge in [0.2, 0.25) is 0 Å². The van der Waals surface area contributed by atoms with Crippen molar-refractivity contribution in [3.05, 3.63) is 64.8 Å². The first-order valence-electron chi connectivity index (χ1n) is 5.88. The van der Waals surface area contributed by atoms with Crippen LogP contribution in [-0.2, 0) is 0 Å². The number of para-hydroxylation sites is 1. The number of anilines is 1. The van der Waals surface area contributed by atoms with E-state index in [1.807, 2.05) is 36.4 Å². The van der Waals surface area contributed by atoms with Crippen molar-refractivity contribution in [2.45, 2.75) is 0 Å². The highest BCUT2D eigenvalue weighted by Crippen LogP contribution is 2.23. The van der Waals surface area contributed by atoms with E-state index in [-0.39, 0.29) is 5.43 Å². The topological polar surface area (TPSA) is 68.3 Å². The van der Waals surface area contributed by atoms with E-state index in [4.69, 9.17) is 10.3 Å². The van der Waals surface area contributed by atoms with Crippen LogP contribution in [-0.4, -0.2) is 0 Å². The zero-order valence-corrected chi connectivity index (χ0v) is 10.1. The minimum absolute atomic E-state index is 0.0436. The van der Waals surface area contributed by atoms with Crippen molar-refractivity contribution in [2.75, 3.05) is 5.43 Å². The fraction of sp³-hybridized carbons (Fsp3) is 0. The van der Waals surface area contributed by atoms with E-state index >= 15 is 0 Å². The second-order valence-electron chi connectivity index (χ2n) is 4.19. The van der Waals surface area contributed by atoms with Crippen molar-refractivity contribution in [3.63, 3.8) is 0 Å². The van der Waals surface area contributed by atoms with Gasteiger partial charge in [0.1, 0.15) is 11.3 Å². The van der Waals surface area contributed by atoms with Gasteiger partial charge < -0.3 is 9.84 Å². The monoisotopic (exact) mass is 252 g/mol. The van der Waals surface area contributed by atoms with Gasteiger partial charge >= 0.3 is 0 Å². The number of hydrogen-bond acceptors (Lipinski definition) is 4. The van der Waals surface area contributed by atoms with Gasteiger partial charge in [0.05, 0.1) is 5.39 Å². The minimum Gasteiger partial charge on any atom is -0.456 e. The molecule has 0 aliphatic heterocycles. The largest absolute Gasteiger partial charge is 0.456 e. The molecule has 0 saturated heterocycles. The summed E-state index contributed by atoms with van der Waals surface area (Å²) in [5, 5.41) is 0.589. The lowest BCUT2D eigenvalue weighted by molar-refractivity contribution is 0.619. The van der Waals surface area contributed by atoms with E-state index in [1.165, 1.54) is 6.07 Å². The Bertz CT molecular complexity index is 776. The van der Waals surface area contributed by atoms with E-state index in [2.05, 4.69) is 5.43 Å². The molecule has 0 amide bonds. The molecule has 1 heterocycles. The number of benzene rings is 2. The Kier molecular flexibility index (Phi) is 2.78. The summed E-state index contributed by atoms with van der Waals surface area (Å²) >= 11 is 0. The van der Waals surface area contributed by atoms with Crippen molar-refractivity contribution >= 4 is 16.7 Å². The van der Waals surface area contributed by atoms with Crippen LogP contribution in [0.25, 0.3) is 22.3 Å². The van der Waals surface area contributed by atoms with Gasteiger partial charge in [-0.25, -0.2) is 0 Å². The van der Waals surface area contributed by atoms with Gasteiger partial charge in [0.25, 0.3) is 0 Å². The fourth-order valence-electron chi connectivity index (χ4n) is 1.98. The predicted octanol–water partition coefficient (Wildman–Crippen LogP) is 2.75. The Morgan fingerprint density at radius 1 is 1.00 bits per heavy atom. The molecule has 0 fully saturated rings. The third-order valence-corrected chi connectivity index (χ3v) is 2.97. The maximum absolute atomic E-state index is 12.0. The smallest absolute Gasteiger partial charge is 0.193 e. The number of hydrogen-bond donors (Lipinski definition) is 2. The zero-order chi connectivity index (χ0) is 13.2. The number of rotatable bonds is 2. The maximum atomic E-state index is 12.0. The average Bonchev–Trinajstić information content (AvgIpc) is 2.47. The molecule has 4 heteroatoms. The van der Waals surface area contributed by atoms with Gasteiger partial charge in [-0.2, -0.15) is 0 Å². The Morgan fingerprint density at radius 3 is 2.47 bits per heavy atom. The van der Waals surface area contributed by atoms with Gasteiger partial charge in [0, 0.05) is 17.3 Å². The predicted molar refractivity (Wildman–Crippen MR) is 75.7 cm³/mol. The van der Waals surface area contributed by atoms with Crippen molar-refractivity contribution in [1.29, 1.82) is 0 Å². The van der Waals surface area contributed by atoms with E-state index in [9.17, 15) is 4.79 Å². The number of nitrogens with one attached hydrogen (secondary N) is 1. The lowest BCUT2D eigenvalue weighted by Crippen LogP contribution is -2.06. The van der Waals surface area contributed by atoms with Gasteiger partial charge in [-0.15, -0.1) is 0 Å². The highest BCUT2D eigenvalue weighted by Gasteiger charge is 2.06. The van der Waals surface area contributed by atoms with Crippen molar-refractivity contribution in [1.82, 2.24) is 0 Å². The number of nitrogen functional groups attached to an aromatic ring is 1. The lowest BCUT2D eigenvalue weighted by atomic mass is 10.1. The van der Waals surface area contributed by atoms with Crippen molar-refractivity contribution in [3.8, 4) is 11.3 Å². The summed E-state index contributed by atoms with van der Waals surface area (Å²) in [7, 11) is 0. The molecule has 4 nitrogen and oxygen atoms in total. The molecular formula is C15H12N2O2. The summed E-state index contributed by atoms with van der Waals surface area (Å²) in [5.74, 6) is 5.86. The third-order valence-electron chi connectivity index (χ3n) is 2.97. The normalized spacial score (nSPS) is 10.6. The molecule has 0 bridgehead atoms. The zero-order valence-electron chi connectivity index (χ0n) is 10.1. The fourth-order valence-corrected chi connectivity index (χ4v) is 1.98. The molecule has 3 aromatic rings. The summed E-state index contributed by atoms with van der Waals surface area (Å²) in [6, 6.07) is 16.1. The van der Waals surface area contributed by atoms with Crippen LogP contribution in [0, 0.1) is 0 Å². The lowest BCUT2D eigenvalue weighted by Gasteiger charge is -2.04. The standard InChI is InChI=1S/C15H12N2O2/c16-17-11-7-5-10(6-8-11)15-9-13(18)12-3-1-2-4-14(12)19-15/h1-9,17H,16H2. The molecule has 0 radical (unpaired) electrons. The van der Waals surface area contributed by atoms with Gasteiger partial charge in [-0.05, 0) is 36.4 Å². The number of nitrogens with two attached hydrogens (primary N) is 1. The van der Waals surface area contributed by atoms with E-state index in [0.717, 1.165) is 11.3 Å². The molecule has 3 rings (SSSR count). The number of fused-ring (bicyclic) bond motifs is 1. The highest BCUT2D eigenvalue weighted by atomic mass is 16.3.